The third-order valence-electron chi connectivity index (χ3n) is 2.64. The summed E-state index contributed by atoms with van der Waals surface area (Å²) in [6.45, 7) is 1.86. The van der Waals surface area contributed by atoms with Crippen LogP contribution in [0.1, 0.15) is 23.7 Å². The second-order valence-electron chi connectivity index (χ2n) is 4.32. The molecule has 7 nitrogen and oxygen atoms in total. The summed E-state index contributed by atoms with van der Waals surface area (Å²) >= 11 is 0. The SMILES string of the molecule is CC(O)CCN(C)C(=O)c1cc(O)ccc1[N+](=O)[O-]. The van der Waals surface area contributed by atoms with Crippen molar-refractivity contribution < 1.29 is 19.9 Å². The van der Waals surface area contributed by atoms with Crippen molar-refractivity contribution in [1.29, 1.82) is 0 Å². The Balaban J connectivity index is 2.98. The van der Waals surface area contributed by atoms with Crippen LogP contribution in [0.2, 0.25) is 0 Å². The fourth-order valence-corrected chi connectivity index (χ4v) is 1.54. The highest BCUT2D eigenvalue weighted by atomic mass is 16.6. The van der Waals surface area contributed by atoms with Gasteiger partial charge in [-0.15, -0.1) is 0 Å². The number of aliphatic hydroxyl groups is 1. The number of nitrogens with zero attached hydrogens (tertiary/aromatic N) is 2. The Morgan fingerprint density at radius 3 is 2.68 bits per heavy atom. The van der Waals surface area contributed by atoms with Gasteiger partial charge in [-0.05, 0) is 25.5 Å². The molecule has 7 heteroatoms. The fraction of sp³-hybridized carbons (Fsp3) is 0.417. The van der Waals surface area contributed by atoms with Gasteiger partial charge in [0.15, 0.2) is 0 Å². The maximum absolute atomic E-state index is 12.1. The lowest BCUT2D eigenvalue weighted by Gasteiger charge is -2.18. The molecular formula is C12H16N2O5. The molecule has 2 N–H and O–H groups in total. The summed E-state index contributed by atoms with van der Waals surface area (Å²) in [6.07, 6.45) is -0.191. The Bertz CT molecular complexity index is 487. The minimum absolute atomic E-state index is 0.168. The van der Waals surface area contributed by atoms with Crippen LogP contribution in [0.3, 0.4) is 0 Å². The van der Waals surface area contributed by atoms with Gasteiger partial charge in [-0.25, -0.2) is 0 Å². The molecule has 0 saturated carbocycles. The van der Waals surface area contributed by atoms with Crippen LogP contribution >= 0.6 is 0 Å². The molecule has 19 heavy (non-hydrogen) atoms. The molecule has 0 fully saturated rings. The number of carbonyl (C=O) groups is 1. The summed E-state index contributed by atoms with van der Waals surface area (Å²) in [4.78, 5) is 23.5. The van der Waals surface area contributed by atoms with Crippen LogP contribution in [0.25, 0.3) is 0 Å². The number of nitro groups is 1. The molecule has 1 rings (SSSR count). The molecule has 0 aliphatic rings. The van der Waals surface area contributed by atoms with Crippen LogP contribution in [0.5, 0.6) is 5.75 Å². The molecular weight excluding hydrogens is 252 g/mol. The molecule has 1 unspecified atom stereocenters. The number of hydrogen-bond donors (Lipinski definition) is 2. The van der Waals surface area contributed by atoms with Crippen molar-refractivity contribution in [3.63, 3.8) is 0 Å². The molecule has 104 valence electrons. The number of nitro benzene ring substituents is 1. The third kappa shape index (κ3) is 3.92. The first-order chi connectivity index (χ1) is 8.82. The maximum Gasteiger partial charge on any atom is 0.282 e. The number of phenolic OH excluding ortho intramolecular Hbond substituents is 1. The summed E-state index contributed by atoms with van der Waals surface area (Å²) in [5.74, 6) is -0.777. The number of phenols is 1. The number of amides is 1. The first-order valence-electron chi connectivity index (χ1n) is 5.74. The van der Waals surface area contributed by atoms with Gasteiger partial charge in [0.2, 0.25) is 0 Å². The van der Waals surface area contributed by atoms with E-state index >= 15 is 0 Å². The normalized spacial score (nSPS) is 11.9. The van der Waals surface area contributed by atoms with Crippen molar-refractivity contribution in [2.24, 2.45) is 0 Å². The van der Waals surface area contributed by atoms with E-state index in [1.54, 1.807) is 6.92 Å². The van der Waals surface area contributed by atoms with E-state index in [4.69, 9.17) is 5.11 Å². The van der Waals surface area contributed by atoms with Crippen molar-refractivity contribution in [3.05, 3.63) is 33.9 Å². The van der Waals surface area contributed by atoms with Crippen LogP contribution < -0.4 is 0 Å². The molecule has 0 spiro atoms. The Morgan fingerprint density at radius 2 is 2.16 bits per heavy atom. The largest absolute Gasteiger partial charge is 0.508 e. The summed E-state index contributed by atoms with van der Waals surface area (Å²) < 4.78 is 0. The fourth-order valence-electron chi connectivity index (χ4n) is 1.54. The van der Waals surface area contributed by atoms with Crippen molar-refractivity contribution in [3.8, 4) is 5.75 Å². The lowest BCUT2D eigenvalue weighted by atomic mass is 10.1. The van der Waals surface area contributed by atoms with E-state index in [0.717, 1.165) is 18.2 Å². The van der Waals surface area contributed by atoms with Crippen LogP contribution in [0.4, 0.5) is 5.69 Å². The zero-order valence-corrected chi connectivity index (χ0v) is 10.7. The van der Waals surface area contributed by atoms with Gasteiger partial charge >= 0.3 is 0 Å². The van der Waals surface area contributed by atoms with Gasteiger partial charge < -0.3 is 15.1 Å². The smallest absolute Gasteiger partial charge is 0.282 e. The Hall–Kier alpha value is -2.15. The lowest BCUT2D eigenvalue weighted by Crippen LogP contribution is -2.29. The molecule has 0 radical (unpaired) electrons. The van der Waals surface area contributed by atoms with Crippen LogP contribution in [-0.4, -0.2) is 45.6 Å². The topological polar surface area (TPSA) is 104 Å². The molecule has 0 aliphatic carbocycles. The van der Waals surface area contributed by atoms with Crippen molar-refractivity contribution in [1.82, 2.24) is 4.90 Å². The summed E-state index contributed by atoms with van der Waals surface area (Å²) in [5, 5.41) is 29.3. The predicted molar refractivity (Wildman–Crippen MR) is 68.0 cm³/mol. The standard InChI is InChI=1S/C12H16N2O5/c1-8(15)5-6-13(2)12(17)10-7-9(16)3-4-11(10)14(18)19/h3-4,7-8,15-16H,5-6H2,1-2H3. The van der Waals surface area contributed by atoms with Crippen LogP contribution in [-0.2, 0) is 0 Å². The van der Waals surface area contributed by atoms with Gasteiger partial charge in [0.1, 0.15) is 11.3 Å². The number of rotatable bonds is 5. The Labute approximate surface area is 110 Å². The molecule has 1 atom stereocenters. The van der Waals surface area contributed by atoms with Gasteiger partial charge in [-0.2, -0.15) is 0 Å². The second-order valence-corrected chi connectivity index (χ2v) is 4.32. The molecule has 0 saturated heterocycles. The van der Waals surface area contributed by atoms with Crippen molar-refractivity contribution >= 4 is 11.6 Å². The molecule has 0 aliphatic heterocycles. The number of aliphatic hydroxyl groups excluding tert-OH is 1. The average molecular weight is 268 g/mol. The predicted octanol–water partition coefficient (Wildman–Crippen LogP) is 1.14. The van der Waals surface area contributed by atoms with Gasteiger partial charge in [0.05, 0.1) is 11.0 Å². The third-order valence-corrected chi connectivity index (χ3v) is 2.64. The highest BCUT2D eigenvalue weighted by Crippen LogP contribution is 2.24. The quantitative estimate of drug-likeness (QED) is 0.615. The Morgan fingerprint density at radius 1 is 1.53 bits per heavy atom. The van der Waals surface area contributed by atoms with Gasteiger partial charge in [-0.3, -0.25) is 14.9 Å². The highest BCUT2D eigenvalue weighted by Gasteiger charge is 2.23. The van der Waals surface area contributed by atoms with E-state index in [0.29, 0.717) is 6.42 Å². The molecule has 0 heterocycles. The van der Waals surface area contributed by atoms with E-state index in [-0.39, 0.29) is 23.5 Å². The molecule has 0 bridgehead atoms. The number of aromatic hydroxyl groups is 1. The summed E-state index contributed by atoms with van der Waals surface area (Å²) in [5.41, 5.74) is -0.523. The second kappa shape index (κ2) is 6.14. The number of benzene rings is 1. The van der Waals surface area contributed by atoms with E-state index in [1.165, 1.54) is 11.9 Å². The highest BCUT2D eigenvalue weighted by molar-refractivity contribution is 5.98. The molecule has 0 aromatic heterocycles. The van der Waals surface area contributed by atoms with Crippen LogP contribution in [0, 0.1) is 10.1 Å². The zero-order valence-electron chi connectivity index (χ0n) is 10.7. The zero-order chi connectivity index (χ0) is 14.6. The Kier molecular flexibility index (Phi) is 4.82. The first kappa shape index (κ1) is 14.9. The first-order valence-corrected chi connectivity index (χ1v) is 5.74. The number of hydrogen-bond acceptors (Lipinski definition) is 5. The lowest BCUT2D eigenvalue weighted by molar-refractivity contribution is -0.385. The summed E-state index contributed by atoms with van der Waals surface area (Å²) in [6, 6.07) is 3.31. The van der Waals surface area contributed by atoms with E-state index in [2.05, 4.69) is 0 Å². The molecule has 1 aromatic carbocycles. The number of carbonyl (C=O) groups excluding carboxylic acids is 1. The van der Waals surface area contributed by atoms with Crippen molar-refractivity contribution in [2.75, 3.05) is 13.6 Å². The van der Waals surface area contributed by atoms with Crippen LogP contribution in [0.15, 0.2) is 18.2 Å². The monoisotopic (exact) mass is 268 g/mol. The maximum atomic E-state index is 12.1. The molecule has 1 amide bonds. The van der Waals surface area contributed by atoms with Gasteiger partial charge in [0, 0.05) is 19.7 Å². The van der Waals surface area contributed by atoms with E-state index < -0.39 is 16.9 Å². The van der Waals surface area contributed by atoms with E-state index in [1.807, 2.05) is 0 Å². The van der Waals surface area contributed by atoms with Crippen molar-refractivity contribution in [2.45, 2.75) is 19.4 Å². The van der Waals surface area contributed by atoms with Gasteiger partial charge in [0.25, 0.3) is 11.6 Å². The summed E-state index contributed by atoms with van der Waals surface area (Å²) in [7, 11) is 1.48. The van der Waals surface area contributed by atoms with Gasteiger partial charge in [-0.1, -0.05) is 0 Å². The minimum atomic E-state index is -0.671. The average Bonchev–Trinajstić information content (AvgIpc) is 2.34. The molecule has 1 aromatic rings. The minimum Gasteiger partial charge on any atom is -0.508 e. The van der Waals surface area contributed by atoms with E-state index in [9.17, 15) is 20.0 Å².